The Bertz CT molecular complexity index is 261. The van der Waals surface area contributed by atoms with Crippen molar-refractivity contribution in [3.8, 4) is 0 Å². The van der Waals surface area contributed by atoms with Gasteiger partial charge in [-0.1, -0.05) is 22.9 Å². The maximum absolute atomic E-state index is 11.9. The van der Waals surface area contributed by atoms with Crippen molar-refractivity contribution in [3.63, 3.8) is 0 Å². The molecule has 0 saturated carbocycles. The van der Waals surface area contributed by atoms with Gasteiger partial charge in [0, 0.05) is 18.4 Å². The molecular weight excluding hydrogens is 294 g/mol. The molecule has 6 heteroatoms. The second kappa shape index (κ2) is 8.44. The fourth-order valence-electron chi connectivity index (χ4n) is 1.25. The number of sulfonamides is 1. The Kier molecular flexibility index (Phi) is 8.63. The topological polar surface area (TPSA) is 46.6 Å². The van der Waals surface area contributed by atoms with Gasteiger partial charge in [-0.15, -0.1) is 0 Å². The van der Waals surface area contributed by atoms with E-state index >= 15 is 0 Å². The van der Waals surface area contributed by atoms with Crippen molar-refractivity contribution in [2.24, 2.45) is 0 Å². The van der Waals surface area contributed by atoms with Crippen molar-refractivity contribution in [1.29, 1.82) is 0 Å². The number of halogens is 1. The predicted molar refractivity (Wildman–Crippen MR) is 70.5 cm³/mol. The van der Waals surface area contributed by atoms with Crippen LogP contribution in [0.25, 0.3) is 0 Å². The SMILES string of the molecule is CCCN(CCBr)S(=O)(=O)CCOC(C)C. The van der Waals surface area contributed by atoms with Gasteiger partial charge in [-0.05, 0) is 20.3 Å². The molecule has 0 aliphatic carbocycles. The number of nitrogens with zero attached hydrogens (tertiary/aromatic N) is 1. The third-order valence-electron chi connectivity index (χ3n) is 1.99. The minimum Gasteiger partial charge on any atom is -0.378 e. The van der Waals surface area contributed by atoms with Crippen LogP contribution in [-0.2, 0) is 14.8 Å². The molecular formula is C10H22BrNO3S. The summed E-state index contributed by atoms with van der Waals surface area (Å²) in [4.78, 5) is 0. The molecule has 0 aliphatic rings. The first-order valence-electron chi connectivity index (χ1n) is 5.59. The summed E-state index contributed by atoms with van der Waals surface area (Å²) >= 11 is 3.27. The summed E-state index contributed by atoms with van der Waals surface area (Å²) in [7, 11) is -3.16. The molecule has 0 rings (SSSR count). The van der Waals surface area contributed by atoms with Crippen molar-refractivity contribution in [1.82, 2.24) is 4.31 Å². The van der Waals surface area contributed by atoms with Crippen molar-refractivity contribution in [3.05, 3.63) is 0 Å². The Morgan fingerprint density at radius 2 is 1.94 bits per heavy atom. The van der Waals surface area contributed by atoms with Crippen LogP contribution >= 0.6 is 15.9 Å². The number of hydrogen-bond acceptors (Lipinski definition) is 3. The van der Waals surface area contributed by atoms with E-state index in [0.717, 1.165) is 6.42 Å². The predicted octanol–water partition coefficient (Wildman–Crippen LogP) is 1.85. The van der Waals surface area contributed by atoms with Crippen LogP contribution in [0.5, 0.6) is 0 Å². The van der Waals surface area contributed by atoms with E-state index in [9.17, 15) is 8.42 Å². The molecule has 0 aromatic heterocycles. The highest BCUT2D eigenvalue weighted by Gasteiger charge is 2.20. The zero-order valence-electron chi connectivity index (χ0n) is 10.3. The number of rotatable bonds is 9. The van der Waals surface area contributed by atoms with Gasteiger partial charge in [0.25, 0.3) is 0 Å². The fraction of sp³-hybridized carbons (Fsp3) is 1.00. The lowest BCUT2D eigenvalue weighted by Gasteiger charge is -2.20. The summed E-state index contributed by atoms with van der Waals surface area (Å²) in [5.41, 5.74) is 0. The number of ether oxygens (including phenoxy) is 1. The molecule has 0 N–H and O–H groups in total. The first kappa shape index (κ1) is 16.4. The summed E-state index contributed by atoms with van der Waals surface area (Å²) in [6.45, 7) is 7.14. The van der Waals surface area contributed by atoms with E-state index in [1.807, 2.05) is 20.8 Å². The summed E-state index contributed by atoms with van der Waals surface area (Å²) in [6.07, 6.45) is 0.906. The molecule has 0 atom stereocenters. The van der Waals surface area contributed by atoms with E-state index in [2.05, 4.69) is 15.9 Å². The Morgan fingerprint density at radius 1 is 1.31 bits per heavy atom. The van der Waals surface area contributed by atoms with Gasteiger partial charge in [-0.3, -0.25) is 0 Å². The third-order valence-corrected chi connectivity index (χ3v) is 4.18. The molecule has 0 spiro atoms. The van der Waals surface area contributed by atoms with Gasteiger partial charge in [0.1, 0.15) is 0 Å². The second-order valence-electron chi connectivity index (χ2n) is 3.82. The monoisotopic (exact) mass is 315 g/mol. The van der Waals surface area contributed by atoms with Crippen molar-refractivity contribution >= 4 is 26.0 Å². The molecule has 4 nitrogen and oxygen atoms in total. The van der Waals surface area contributed by atoms with Gasteiger partial charge >= 0.3 is 0 Å². The lowest BCUT2D eigenvalue weighted by atomic mass is 10.5. The highest BCUT2D eigenvalue weighted by Crippen LogP contribution is 2.04. The van der Waals surface area contributed by atoms with Crippen LogP contribution in [-0.4, -0.2) is 49.6 Å². The van der Waals surface area contributed by atoms with E-state index in [1.54, 1.807) is 0 Å². The average Bonchev–Trinajstić information content (AvgIpc) is 2.16. The molecule has 0 aliphatic heterocycles. The average molecular weight is 316 g/mol. The molecule has 0 fully saturated rings. The quantitative estimate of drug-likeness (QED) is 0.610. The zero-order chi connectivity index (χ0) is 12.6. The summed E-state index contributed by atoms with van der Waals surface area (Å²) in [5.74, 6) is 0.0676. The van der Waals surface area contributed by atoms with Crippen LogP contribution in [0.1, 0.15) is 27.2 Å². The van der Waals surface area contributed by atoms with Crippen LogP contribution in [0.15, 0.2) is 0 Å². The fourth-order valence-corrected chi connectivity index (χ4v) is 3.31. The molecule has 0 heterocycles. The van der Waals surface area contributed by atoms with E-state index in [1.165, 1.54) is 4.31 Å². The van der Waals surface area contributed by atoms with Crippen LogP contribution in [0, 0.1) is 0 Å². The van der Waals surface area contributed by atoms with Crippen molar-refractivity contribution in [2.45, 2.75) is 33.3 Å². The van der Waals surface area contributed by atoms with Crippen LogP contribution < -0.4 is 0 Å². The van der Waals surface area contributed by atoms with E-state index < -0.39 is 10.0 Å². The van der Waals surface area contributed by atoms with Gasteiger partial charge in [0.05, 0.1) is 18.5 Å². The summed E-state index contributed by atoms with van der Waals surface area (Å²) in [6, 6.07) is 0. The Morgan fingerprint density at radius 3 is 2.38 bits per heavy atom. The van der Waals surface area contributed by atoms with Crippen molar-refractivity contribution < 1.29 is 13.2 Å². The molecule has 0 unspecified atom stereocenters. The van der Waals surface area contributed by atoms with Crippen molar-refractivity contribution in [2.75, 3.05) is 30.8 Å². The van der Waals surface area contributed by atoms with Crippen LogP contribution in [0.2, 0.25) is 0 Å². The van der Waals surface area contributed by atoms with Crippen LogP contribution in [0.3, 0.4) is 0 Å². The van der Waals surface area contributed by atoms with Gasteiger partial charge in [0.15, 0.2) is 0 Å². The van der Waals surface area contributed by atoms with E-state index in [0.29, 0.717) is 18.4 Å². The molecule has 0 bridgehead atoms. The summed E-state index contributed by atoms with van der Waals surface area (Å²) < 4.78 is 30.6. The van der Waals surface area contributed by atoms with Gasteiger partial charge in [-0.25, -0.2) is 12.7 Å². The van der Waals surface area contributed by atoms with E-state index in [-0.39, 0.29) is 18.5 Å². The standard InChI is InChI=1S/C10H22BrNO3S/c1-4-6-12(7-5-11)16(13,14)9-8-15-10(2)3/h10H,4-9H2,1-3H3. The highest BCUT2D eigenvalue weighted by atomic mass is 79.9. The highest BCUT2D eigenvalue weighted by molar-refractivity contribution is 9.09. The summed E-state index contributed by atoms with van der Waals surface area (Å²) in [5, 5.41) is 0.664. The second-order valence-corrected chi connectivity index (χ2v) is 6.71. The minimum absolute atomic E-state index is 0.0676. The molecule has 0 aromatic rings. The minimum atomic E-state index is -3.16. The van der Waals surface area contributed by atoms with Gasteiger partial charge < -0.3 is 4.74 Å². The number of hydrogen-bond donors (Lipinski definition) is 0. The molecule has 0 saturated heterocycles. The Hall–Kier alpha value is 0.350. The first-order chi connectivity index (χ1) is 7.44. The van der Waals surface area contributed by atoms with Gasteiger partial charge in [0.2, 0.25) is 10.0 Å². The molecule has 98 valence electrons. The van der Waals surface area contributed by atoms with E-state index in [4.69, 9.17) is 4.74 Å². The Labute approximate surface area is 108 Å². The van der Waals surface area contributed by atoms with Gasteiger partial charge in [-0.2, -0.15) is 0 Å². The maximum atomic E-state index is 11.9. The lowest BCUT2D eigenvalue weighted by Crippen LogP contribution is -2.36. The largest absolute Gasteiger partial charge is 0.378 e. The normalized spacial score (nSPS) is 12.6. The third kappa shape index (κ3) is 6.83. The smallest absolute Gasteiger partial charge is 0.216 e. The maximum Gasteiger partial charge on any atom is 0.216 e. The Balaban J connectivity index is 4.24. The molecule has 0 aromatic carbocycles. The molecule has 0 radical (unpaired) electrons. The number of alkyl halides is 1. The van der Waals surface area contributed by atoms with Crippen LogP contribution in [0.4, 0.5) is 0 Å². The molecule has 0 amide bonds. The first-order valence-corrected chi connectivity index (χ1v) is 8.32. The zero-order valence-corrected chi connectivity index (χ0v) is 12.7. The lowest BCUT2D eigenvalue weighted by molar-refractivity contribution is 0.0907. The molecule has 16 heavy (non-hydrogen) atoms.